The van der Waals surface area contributed by atoms with Crippen LogP contribution in [-0.4, -0.2) is 16.7 Å². The van der Waals surface area contributed by atoms with Gasteiger partial charge in [0.1, 0.15) is 5.01 Å². The second kappa shape index (κ2) is 8.02. The fourth-order valence-electron chi connectivity index (χ4n) is 2.54. The van der Waals surface area contributed by atoms with Gasteiger partial charge in [-0.25, -0.2) is 4.98 Å². The van der Waals surface area contributed by atoms with Crippen molar-refractivity contribution in [2.75, 3.05) is 6.61 Å². The minimum atomic E-state index is 0.144. The molecular weight excluding hydrogens is 304 g/mol. The number of rotatable bonds is 7. The Hall–Kier alpha value is -2.01. The number of aliphatic hydroxyl groups excluding tert-OH is 1. The molecule has 0 bridgehead atoms. The van der Waals surface area contributed by atoms with E-state index in [-0.39, 0.29) is 12.6 Å². The van der Waals surface area contributed by atoms with Crippen molar-refractivity contribution in [2.45, 2.75) is 19.0 Å². The van der Waals surface area contributed by atoms with Gasteiger partial charge < -0.3 is 10.4 Å². The van der Waals surface area contributed by atoms with Gasteiger partial charge in [-0.1, -0.05) is 60.7 Å². The van der Waals surface area contributed by atoms with Crippen LogP contribution in [0.1, 0.15) is 23.0 Å². The third-order valence-electron chi connectivity index (χ3n) is 3.73. The van der Waals surface area contributed by atoms with Crippen molar-refractivity contribution in [3.63, 3.8) is 0 Å². The summed E-state index contributed by atoms with van der Waals surface area (Å²) in [6.45, 7) is 0.872. The zero-order chi connectivity index (χ0) is 15.9. The molecule has 0 amide bonds. The summed E-state index contributed by atoms with van der Waals surface area (Å²) in [4.78, 5) is 5.69. The third-order valence-corrected chi connectivity index (χ3v) is 4.78. The average Bonchev–Trinajstić information content (AvgIpc) is 3.09. The molecule has 0 aliphatic carbocycles. The van der Waals surface area contributed by atoms with Crippen LogP contribution in [-0.2, 0) is 6.54 Å². The molecule has 3 rings (SSSR count). The molecule has 0 spiro atoms. The van der Waals surface area contributed by atoms with Gasteiger partial charge in [-0.2, -0.15) is 0 Å². The minimum Gasteiger partial charge on any atom is -0.396 e. The van der Waals surface area contributed by atoms with E-state index >= 15 is 0 Å². The van der Waals surface area contributed by atoms with Crippen LogP contribution in [0.3, 0.4) is 0 Å². The molecule has 23 heavy (non-hydrogen) atoms. The molecule has 2 aromatic carbocycles. The van der Waals surface area contributed by atoms with Gasteiger partial charge in [-0.15, -0.1) is 11.3 Å². The Balaban J connectivity index is 1.66. The molecule has 2 N–H and O–H groups in total. The molecule has 0 saturated heterocycles. The predicted molar refractivity (Wildman–Crippen MR) is 95.3 cm³/mol. The Morgan fingerprint density at radius 2 is 1.70 bits per heavy atom. The summed E-state index contributed by atoms with van der Waals surface area (Å²) >= 11 is 1.71. The lowest BCUT2D eigenvalue weighted by atomic mass is 10.0. The molecule has 0 aliphatic rings. The largest absolute Gasteiger partial charge is 0.396 e. The Morgan fingerprint density at radius 3 is 2.39 bits per heavy atom. The Bertz CT molecular complexity index is 713. The molecule has 0 saturated carbocycles. The molecule has 4 heteroatoms. The van der Waals surface area contributed by atoms with Crippen molar-refractivity contribution >= 4 is 11.3 Å². The number of hydrogen-bond donors (Lipinski definition) is 2. The fraction of sp³-hybridized carbons (Fsp3) is 0.211. The van der Waals surface area contributed by atoms with Crippen molar-refractivity contribution in [3.8, 4) is 10.4 Å². The Kier molecular flexibility index (Phi) is 5.53. The number of thiazole rings is 1. The maximum atomic E-state index is 9.29. The SMILES string of the molecule is OCC[C@@H](NCc1ncc(-c2ccccc2)s1)c1ccccc1. The molecule has 3 aromatic rings. The van der Waals surface area contributed by atoms with Crippen LogP contribution in [0.15, 0.2) is 66.9 Å². The first kappa shape index (κ1) is 15.9. The maximum absolute atomic E-state index is 9.29. The lowest BCUT2D eigenvalue weighted by Gasteiger charge is -2.17. The second-order valence-corrected chi connectivity index (χ2v) is 6.46. The van der Waals surface area contributed by atoms with Crippen molar-refractivity contribution in [2.24, 2.45) is 0 Å². The van der Waals surface area contributed by atoms with Crippen molar-refractivity contribution in [3.05, 3.63) is 77.4 Å². The van der Waals surface area contributed by atoms with Crippen LogP contribution in [0.5, 0.6) is 0 Å². The first-order valence-corrected chi connectivity index (χ1v) is 8.58. The molecule has 3 nitrogen and oxygen atoms in total. The number of benzene rings is 2. The summed E-state index contributed by atoms with van der Waals surface area (Å²) in [5.74, 6) is 0. The van der Waals surface area contributed by atoms with Crippen LogP contribution >= 0.6 is 11.3 Å². The summed E-state index contributed by atoms with van der Waals surface area (Å²) in [6.07, 6.45) is 2.63. The van der Waals surface area contributed by atoms with Gasteiger partial charge in [-0.3, -0.25) is 0 Å². The van der Waals surface area contributed by atoms with Crippen molar-refractivity contribution in [1.29, 1.82) is 0 Å². The van der Waals surface area contributed by atoms with Crippen LogP contribution in [0.2, 0.25) is 0 Å². The summed E-state index contributed by atoms with van der Waals surface area (Å²) < 4.78 is 0. The third kappa shape index (κ3) is 4.26. The number of nitrogens with one attached hydrogen (secondary N) is 1. The molecule has 0 fully saturated rings. The van der Waals surface area contributed by atoms with E-state index in [0.717, 1.165) is 5.01 Å². The van der Waals surface area contributed by atoms with E-state index < -0.39 is 0 Å². The van der Waals surface area contributed by atoms with E-state index in [0.29, 0.717) is 13.0 Å². The van der Waals surface area contributed by atoms with Gasteiger partial charge in [-0.05, 0) is 17.5 Å². The molecule has 1 atom stereocenters. The summed E-state index contributed by atoms with van der Waals surface area (Å²) in [5, 5.41) is 13.9. The van der Waals surface area contributed by atoms with E-state index in [1.54, 1.807) is 11.3 Å². The van der Waals surface area contributed by atoms with Gasteiger partial charge in [0.25, 0.3) is 0 Å². The fourth-order valence-corrected chi connectivity index (χ4v) is 3.41. The first-order valence-electron chi connectivity index (χ1n) is 7.76. The van der Waals surface area contributed by atoms with Crippen LogP contribution < -0.4 is 5.32 Å². The topological polar surface area (TPSA) is 45.1 Å². The lowest BCUT2D eigenvalue weighted by Crippen LogP contribution is -2.21. The molecule has 118 valence electrons. The zero-order valence-electron chi connectivity index (χ0n) is 12.9. The molecule has 0 radical (unpaired) electrons. The van der Waals surface area contributed by atoms with Crippen LogP contribution in [0, 0.1) is 0 Å². The highest BCUT2D eigenvalue weighted by atomic mass is 32.1. The van der Waals surface area contributed by atoms with Crippen molar-refractivity contribution < 1.29 is 5.11 Å². The van der Waals surface area contributed by atoms with Gasteiger partial charge in [0.15, 0.2) is 0 Å². The molecular formula is C19H20N2OS. The lowest BCUT2D eigenvalue weighted by molar-refractivity contribution is 0.265. The van der Waals surface area contributed by atoms with Gasteiger partial charge in [0, 0.05) is 25.4 Å². The highest BCUT2D eigenvalue weighted by Gasteiger charge is 2.11. The zero-order valence-corrected chi connectivity index (χ0v) is 13.7. The number of aliphatic hydroxyl groups is 1. The molecule has 0 unspecified atom stereocenters. The number of hydrogen-bond acceptors (Lipinski definition) is 4. The smallest absolute Gasteiger partial charge is 0.107 e. The van der Waals surface area contributed by atoms with Gasteiger partial charge in [0.2, 0.25) is 0 Å². The minimum absolute atomic E-state index is 0.144. The Labute approximate surface area is 140 Å². The predicted octanol–water partition coefficient (Wildman–Crippen LogP) is 4.02. The summed E-state index contributed by atoms with van der Waals surface area (Å²) in [7, 11) is 0. The van der Waals surface area contributed by atoms with E-state index in [1.807, 2.05) is 42.6 Å². The summed E-state index contributed by atoms with van der Waals surface area (Å²) in [5.41, 5.74) is 2.40. The highest BCUT2D eigenvalue weighted by molar-refractivity contribution is 7.15. The highest BCUT2D eigenvalue weighted by Crippen LogP contribution is 2.26. The molecule has 1 heterocycles. The van der Waals surface area contributed by atoms with Crippen molar-refractivity contribution in [1.82, 2.24) is 10.3 Å². The van der Waals surface area contributed by atoms with E-state index in [1.165, 1.54) is 16.0 Å². The monoisotopic (exact) mass is 324 g/mol. The summed E-state index contributed by atoms with van der Waals surface area (Å²) in [6, 6.07) is 20.7. The maximum Gasteiger partial charge on any atom is 0.107 e. The second-order valence-electron chi connectivity index (χ2n) is 5.34. The molecule has 1 aromatic heterocycles. The average molecular weight is 324 g/mol. The first-order chi connectivity index (χ1) is 11.4. The quantitative estimate of drug-likeness (QED) is 0.690. The van der Waals surface area contributed by atoms with Crippen LogP contribution in [0.25, 0.3) is 10.4 Å². The number of nitrogens with zero attached hydrogens (tertiary/aromatic N) is 1. The van der Waals surface area contributed by atoms with Gasteiger partial charge in [0.05, 0.1) is 4.88 Å². The molecule has 0 aliphatic heterocycles. The van der Waals surface area contributed by atoms with Crippen LogP contribution in [0.4, 0.5) is 0 Å². The standard InChI is InChI=1S/C19H20N2OS/c22-12-11-17(15-7-3-1-4-8-15)20-14-19-21-13-18(23-19)16-9-5-2-6-10-16/h1-10,13,17,20,22H,11-12,14H2/t17-/m1/s1. The number of aromatic nitrogens is 1. The van der Waals surface area contributed by atoms with E-state index in [9.17, 15) is 5.11 Å². The normalized spacial score (nSPS) is 12.2. The van der Waals surface area contributed by atoms with E-state index in [2.05, 4.69) is 34.6 Å². The van der Waals surface area contributed by atoms with E-state index in [4.69, 9.17) is 0 Å². The Morgan fingerprint density at radius 1 is 1.00 bits per heavy atom. The van der Waals surface area contributed by atoms with Gasteiger partial charge >= 0.3 is 0 Å².